The number of aliphatic hydroxyl groups excluding tert-OH is 2. The van der Waals surface area contributed by atoms with Gasteiger partial charge in [0, 0.05) is 5.92 Å². The van der Waals surface area contributed by atoms with Gasteiger partial charge in [-0.15, -0.1) is 0 Å². The van der Waals surface area contributed by atoms with Crippen molar-refractivity contribution in [2.45, 2.75) is 44.9 Å². The zero-order valence-corrected chi connectivity index (χ0v) is 13.3. The van der Waals surface area contributed by atoms with E-state index in [1.807, 2.05) is 44.2 Å². The van der Waals surface area contributed by atoms with Crippen molar-refractivity contribution < 1.29 is 24.4 Å². The van der Waals surface area contributed by atoms with Gasteiger partial charge in [0.2, 0.25) is 0 Å². The van der Waals surface area contributed by atoms with Crippen LogP contribution in [0.4, 0.5) is 0 Å². The van der Waals surface area contributed by atoms with Crippen LogP contribution in [0.1, 0.15) is 25.8 Å². The number of aliphatic hydroxyl groups is 2. The molecule has 0 radical (unpaired) electrons. The maximum Gasteiger partial charge on any atom is 0.163 e. The van der Waals surface area contributed by atoms with Crippen molar-refractivity contribution in [1.82, 2.24) is 0 Å². The van der Waals surface area contributed by atoms with E-state index >= 15 is 0 Å². The van der Waals surface area contributed by atoms with E-state index in [9.17, 15) is 5.11 Å². The number of hydrogen-bond acceptors (Lipinski definition) is 5. The fraction of sp³-hybridized carbons (Fsp3) is 0.647. The molecule has 22 heavy (non-hydrogen) atoms. The van der Waals surface area contributed by atoms with Crippen LogP contribution in [-0.4, -0.2) is 48.0 Å². The molecule has 2 N–H and O–H groups in total. The minimum absolute atomic E-state index is 0.00551. The third kappa shape index (κ3) is 5.34. The van der Waals surface area contributed by atoms with E-state index in [2.05, 4.69) is 0 Å². The van der Waals surface area contributed by atoms with Crippen molar-refractivity contribution in [2.75, 3.05) is 19.8 Å². The molecule has 0 bridgehead atoms. The molecule has 1 saturated heterocycles. The molecule has 1 fully saturated rings. The molecule has 3 atom stereocenters. The van der Waals surface area contributed by atoms with E-state index in [4.69, 9.17) is 19.3 Å². The first kappa shape index (κ1) is 17.4. The molecule has 0 amide bonds. The van der Waals surface area contributed by atoms with Crippen LogP contribution in [-0.2, 0) is 20.8 Å². The maximum atomic E-state index is 9.66. The van der Waals surface area contributed by atoms with Gasteiger partial charge in [-0.25, -0.2) is 0 Å². The molecule has 1 aliphatic rings. The summed E-state index contributed by atoms with van der Waals surface area (Å²) in [5.41, 5.74) is 1.11. The topological polar surface area (TPSA) is 68.2 Å². The summed E-state index contributed by atoms with van der Waals surface area (Å²) in [5, 5.41) is 18.7. The molecule has 5 heteroatoms. The van der Waals surface area contributed by atoms with Gasteiger partial charge in [-0.1, -0.05) is 30.3 Å². The van der Waals surface area contributed by atoms with Crippen LogP contribution in [0.25, 0.3) is 0 Å². The van der Waals surface area contributed by atoms with Crippen molar-refractivity contribution in [1.29, 1.82) is 0 Å². The minimum atomic E-state index is -0.755. The van der Waals surface area contributed by atoms with E-state index in [-0.39, 0.29) is 18.6 Å². The number of rotatable bonds is 7. The van der Waals surface area contributed by atoms with Crippen LogP contribution in [0.5, 0.6) is 0 Å². The van der Waals surface area contributed by atoms with E-state index in [1.165, 1.54) is 0 Å². The molecular weight excluding hydrogens is 284 g/mol. The normalized spacial score (nSPS) is 25.8. The highest BCUT2D eigenvalue weighted by Crippen LogP contribution is 2.29. The predicted molar refractivity (Wildman–Crippen MR) is 82.2 cm³/mol. The Morgan fingerprint density at radius 1 is 1.32 bits per heavy atom. The molecule has 1 aromatic carbocycles. The van der Waals surface area contributed by atoms with Crippen LogP contribution < -0.4 is 0 Å². The fourth-order valence-corrected chi connectivity index (χ4v) is 2.59. The Morgan fingerprint density at radius 2 is 2.05 bits per heavy atom. The monoisotopic (exact) mass is 310 g/mol. The first-order chi connectivity index (χ1) is 10.5. The summed E-state index contributed by atoms with van der Waals surface area (Å²) in [6.45, 7) is 4.94. The van der Waals surface area contributed by atoms with Crippen LogP contribution in [0.2, 0.25) is 0 Å². The first-order valence-corrected chi connectivity index (χ1v) is 7.72. The van der Waals surface area contributed by atoms with Gasteiger partial charge in [0.25, 0.3) is 0 Å². The molecule has 0 saturated carbocycles. The third-order valence-electron chi connectivity index (χ3n) is 3.79. The Bertz CT molecular complexity index is 434. The van der Waals surface area contributed by atoms with E-state index in [1.54, 1.807) is 0 Å². The van der Waals surface area contributed by atoms with Gasteiger partial charge in [-0.05, 0) is 25.8 Å². The van der Waals surface area contributed by atoms with Gasteiger partial charge >= 0.3 is 0 Å². The summed E-state index contributed by atoms with van der Waals surface area (Å²) in [6.07, 6.45) is -0.477. The van der Waals surface area contributed by atoms with E-state index in [0.29, 0.717) is 26.2 Å². The lowest BCUT2D eigenvalue weighted by Crippen LogP contribution is -2.48. The molecule has 2 rings (SSSR count). The summed E-state index contributed by atoms with van der Waals surface area (Å²) < 4.78 is 17.4. The second kappa shape index (κ2) is 8.04. The zero-order valence-electron chi connectivity index (χ0n) is 13.3. The Hall–Kier alpha value is -0.980. The standard InChI is InChI=1S/C17H26O5/c1-17(2)21-11-14(8-15(19)9-18)16(22-17)12-20-10-13-6-4-3-5-7-13/h3-7,14-16,18-19H,8-12H2,1-2H3. The average molecular weight is 310 g/mol. The molecule has 3 unspecified atom stereocenters. The van der Waals surface area contributed by atoms with Gasteiger partial charge < -0.3 is 24.4 Å². The van der Waals surface area contributed by atoms with Gasteiger partial charge in [0.15, 0.2) is 5.79 Å². The smallest absolute Gasteiger partial charge is 0.163 e. The van der Waals surface area contributed by atoms with E-state index in [0.717, 1.165) is 5.56 Å². The van der Waals surface area contributed by atoms with Crippen molar-refractivity contribution in [2.24, 2.45) is 5.92 Å². The summed E-state index contributed by atoms with van der Waals surface area (Å²) in [6, 6.07) is 9.96. The summed E-state index contributed by atoms with van der Waals surface area (Å²) >= 11 is 0. The lowest BCUT2D eigenvalue weighted by atomic mass is 9.95. The number of ether oxygens (including phenoxy) is 3. The van der Waals surface area contributed by atoms with Crippen molar-refractivity contribution >= 4 is 0 Å². The molecule has 1 aliphatic heterocycles. The Morgan fingerprint density at radius 3 is 2.73 bits per heavy atom. The second-order valence-electron chi connectivity index (χ2n) is 6.20. The largest absolute Gasteiger partial charge is 0.394 e. The van der Waals surface area contributed by atoms with Crippen molar-refractivity contribution in [3.8, 4) is 0 Å². The summed E-state index contributed by atoms with van der Waals surface area (Å²) in [7, 11) is 0. The Kier molecular flexibility index (Phi) is 6.35. The van der Waals surface area contributed by atoms with Crippen molar-refractivity contribution in [3.05, 3.63) is 35.9 Å². The average Bonchev–Trinajstić information content (AvgIpc) is 2.50. The molecule has 124 valence electrons. The van der Waals surface area contributed by atoms with Crippen molar-refractivity contribution in [3.63, 3.8) is 0 Å². The fourth-order valence-electron chi connectivity index (χ4n) is 2.59. The number of hydrogen-bond donors (Lipinski definition) is 2. The molecule has 0 spiro atoms. The minimum Gasteiger partial charge on any atom is -0.394 e. The zero-order chi connectivity index (χ0) is 16.0. The van der Waals surface area contributed by atoms with E-state index < -0.39 is 11.9 Å². The molecule has 0 aliphatic carbocycles. The summed E-state index contributed by atoms with van der Waals surface area (Å²) in [5.74, 6) is -0.646. The summed E-state index contributed by atoms with van der Waals surface area (Å²) in [4.78, 5) is 0. The maximum absolute atomic E-state index is 9.66. The van der Waals surface area contributed by atoms with Gasteiger partial charge in [0.1, 0.15) is 0 Å². The first-order valence-electron chi connectivity index (χ1n) is 7.72. The molecule has 5 nitrogen and oxygen atoms in total. The van der Waals surface area contributed by atoms with Crippen LogP contribution in [0.3, 0.4) is 0 Å². The third-order valence-corrected chi connectivity index (χ3v) is 3.79. The Labute approximate surface area is 131 Å². The predicted octanol–water partition coefficient (Wildman–Crippen LogP) is 1.71. The lowest BCUT2D eigenvalue weighted by molar-refractivity contribution is -0.302. The molecule has 1 heterocycles. The molecular formula is C17H26O5. The Balaban J connectivity index is 1.87. The van der Waals surface area contributed by atoms with Gasteiger partial charge in [-0.2, -0.15) is 0 Å². The molecule has 0 aromatic heterocycles. The quantitative estimate of drug-likeness (QED) is 0.802. The van der Waals surface area contributed by atoms with Gasteiger partial charge in [0.05, 0.1) is 38.6 Å². The van der Waals surface area contributed by atoms with Gasteiger partial charge in [-0.3, -0.25) is 0 Å². The highest BCUT2D eigenvalue weighted by molar-refractivity contribution is 5.13. The van der Waals surface area contributed by atoms with Crippen LogP contribution in [0.15, 0.2) is 30.3 Å². The van der Waals surface area contributed by atoms with Crippen LogP contribution >= 0.6 is 0 Å². The lowest BCUT2D eigenvalue weighted by Gasteiger charge is -2.41. The molecule has 1 aromatic rings. The number of benzene rings is 1. The highest BCUT2D eigenvalue weighted by Gasteiger charge is 2.37. The SMILES string of the molecule is CC1(C)OCC(CC(O)CO)C(COCc2ccccc2)O1. The second-order valence-corrected chi connectivity index (χ2v) is 6.20. The van der Waals surface area contributed by atoms with Crippen LogP contribution in [0, 0.1) is 5.92 Å². The highest BCUT2D eigenvalue weighted by atomic mass is 16.7.